The van der Waals surface area contributed by atoms with Crippen LogP contribution in [0.2, 0.25) is 5.02 Å². The van der Waals surface area contributed by atoms with E-state index < -0.39 is 0 Å². The van der Waals surface area contributed by atoms with Gasteiger partial charge in [-0.25, -0.2) is 0 Å². The van der Waals surface area contributed by atoms with Gasteiger partial charge in [0, 0.05) is 23.1 Å². The maximum Gasteiger partial charge on any atom is 0.0406 e. The second kappa shape index (κ2) is 6.46. The minimum atomic E-state index is 0.402. The molecule has 0 radical (unpaired) electrons. The van der Waals surface area contributed by atoms with Gasteiger partial charge in [-0.2, -0.15) is 0 Å². The molecule has 4 atom stereocenters. The smallest absolute Gasteiger partial charge is 0.0406 e. The van der Waals surface area contributed by atoms with E-state index in [1.165, 1.54) is 44.2 Å². The lowest BCUT2D eigenvalue weighted by molar-refractivity contribution is 0.303. The highest BCUT2D eigenvalue weighted by Crippen LogP contribution is 2.33. The average Bonchev–Trinajstić information content (AvgIpc) is 3.09. The molecule has 1 aromatic rings. The van der Waals surface area contributed by atoms with Crippen molar-refractivity contribution < 1.29 is 0 Å². The monoisotopic (exact) mass is 292 g/mol. The third kappa shape index (κ3) is 3.19. The van der Waals surface area contributed by atoms with Gasteiger partial charge in [-0.15, -0.1) is 0 Å². The van der Waals surface area contributed by atoms with Gasteiger partial charge in [0.1, 0.15) is 0 Å². The minimum Gasteiger partial charge on any atom is -0.314 e. The normalized spacial score (nSPS) is 31.6. The fourth-order valence-electron chi connectivity index (χ4n) is 3.92. The van der Waals surface area contributed by atoms with Crippen LogP contribution in [0.25, 0.3) is 0 Å². The first-order chi connectivity index (χ1) is 9.74. The van der Waals surface area contributed by atoms with E-state index in [2.05, 4.69) is 29.7 Å². The molecule has 1 saturated heterocycles. The van der Waals surface area contributed by atoms with Crippen molar-refractivity contribution in [3.63, 3.8) is 0 Å². The summed E-state index contributed by atoms with van der Waals surface area (Å²) in [6.07, 6.45) is 6.77. The Morgan fingerprint density at radius 2 is 1.95 bits per heavy atom. The van der Waals surface area contributed by atoms with Crippen molar-refractivity contribution >= 4 is 11.6 Å². The standard InChI is InChI=1S/C17H25ClN2/c1-12(13-7-9-14(18)10-8-13)20-17-5-2-4-15(17)16-6-3-11-19-16/h7-10,12,15-17,19-20H,2-6,11H2,1H3. The Hall–Kier alpha value is -0.570. The quantitative estimate of drug-likeness (QED) is 0.879. The lowest BCUT2D eigenvalue weighted by Gasteiger charge is -2.29. The number of nitrogens with one attached hydrogen (secondary N) is 2. The summed E-state index contributed by atoms with van der Waals surface area (Å²) in [6.45, 7) is 3.47. The van der Waals surface area contributed by atoms with Gasteiger partial charge < -0.3 is 10.6 Å². The Balaban J connectivity index is 1.62. The Labute approximate surface area is 127 Å². The summed E-state index contributed by atoms with van der Waals surface area (Å²) in [5, 5.41) is 8.36. The Morgan fingerprint density at radius 1 is 1.15 bits per heavy atom. The van der Waals surface area contributed by atoms with E-state index in [-0.39, 0.29) is 0 Å². The van der Waals surface area contributed by atoms with Crippen molar-refractivity contribution in [2.24, 2.45) is 5.92 Å². The number of rotatable bonds is 4. The van der Waals surface area contributed by atoms with E-state index in [0.717, 1.165) is 17.0 Å². The molecular formula is C17H25ClN2. The maximum absolute atomic E-state index is 5.97. The van der Waals surface area contributed by atoms with E-state index in [9.17, 15) is 0 Å². The Morgan fingerprint density at radius 3 is 2.65 bits per heavy atom. The molecular weight excluding hydrogens is 268 g/mol. The van der Waals surface area contributed by atoms with Crippen LogP contribution in [0.5, 0.6) is 0 Å². The van der Waals surface area contributed by atoms with E-state index in [1.807, 2.05) is 12.1 Å². The first-order valence-corrected chi connectivity index (χ1v) is 8.37. The van der Waals surface area contributed by atoms with Gasteiger partial charge in [0.25, 0.3) is 0 Å². The number of benzene rings is 1. The largest absolute Gasteiger partial charge is 0.314 e. The summed E-state index contributed by atoms with van der Waals surface area (Å²) in [6, 6.07) is 10.1. The fraction of sp³-hybridized carbons (Fsp3) is 0.647. The van der Waals surface area contributed by atoms with Crippen LogP contribution < -0.4 is 10.6 Å². The van der Waals surface area contributed by atoms with E-state index >= 15 is 0 Å². The molecule has 2 aliphatic rings. The van der Waals surface area contributed by atoms with Crippen LogP contribution in [-0.2, 0) is 0 Å². The van der Waals surface area contributed by atoms with E-state index in [4.69, 9.17) is 11.6 Å². The predicted octanol–water partition coefficient (Wildman–Crippen LogP) is 3.91. The van der Waals surface area contributed by atoms with Crippen LogP contribution >= 0.6 is 11.6 Å². The molecule has 0 bridgehead atoms. The second-order valence-electron chi connectivity index (χ2n) is 6.34. The van der Waals surface area contributed by atoms with Gasteiger partial charge in [-0.05, 0) is 62.8 Å². The molecule has 2 N–H and O–H groups in total. The Bertz CT molecular complexity index is 425. The van der Waals surface area contributed by atoms with Crippen molar-refractivity contribution in [3.8, 4) is 0 Å². The van der Waals surface area contributed by atoms with E-state index in [1.54, 1.807) is 0 Å². The van der Waals surface area contributed by atoms with Gasteiger partial charge in [-0.1, -0.05) is 30.2 Å². The zero-order valence-electron chi connectivity index (χ0n) is 12.2. The third-order valence-electron chi connectivity index (χ3n) is 5.02. The molecule has 4 unspecified atom stereocenters. The minimum absolute atomic E-state index is 0.402. The van der Waals surface area contributed by atoms with Crippen LogP contribution in [0, 0.1) is 5.92 Å². The number of halogens is 1. The molecule has 3 rings (SSSR count). The van der Waals surface area contributed by atoms with Crippen molar-refractivity contribution in [3.05, 3.63) is 34.9 Å². The van der Waals surface area contributed by atoms with Crippen LogP contribution in [0.1, 0.15) is 50.6 Å². The van der Waals surface area contributed by atoms with Gasteiger partial charge >= 0.3 is 0 Å². The zero-order valence-corrected chi connectivity index (χ0v) is 13.0. The molecule has 1 aliphatic heterocycles. The molecule has 1 aliphatic carbocycles. The molecule has 0 aromatic heterocycles. The molecule has 1 saturated carbocycles. The summed E-state index contributed by atoms with van der Waals surface area (Å²) in [4.78, 5) is 0. The first kappa shape index (κ1) is 14.4. The fourth-order valence-corrected chi connectivity index (χ4v) is 4.05. The highest BCUT2D eigenvalue weighted by molar-refractivity contribution is 6.30. The van der Waals surface area contributed by atoms with Crippen molar-refractivity contribution in [2.45, 2.75) is 57.2 Å². The predicted molar refractivity (Wildman–Crippen MR) is 85.2 cm³/mol. The SMILES string of the molecule is CC(NC1CCCC1C1CCCN1)c1ccc(Cl)cc1. The summed E-state index contributed by atoms with van der Waals surface area (Å²) in [7, 11) is 0. The van der Waals surface area contributed by atoms with E-state index in [0.29, 0.717) is 12.1 Å². The lowest BCUT2D eigenvalue weighted by Crippen LogP contribution is -2.42. The van der Waals surface area contributed by atoms with Crippen molar-refractivity contribution in [1.82, 2.24) is 10.6 Å². The van der Waals surface area contributed by atoms with Crippen LogP contribution in [-0.4, -0.2) is 18.6 Å². The summed E-state index contributed by atoms with van der Waals surface area (Å²) in [5.74, 6) is 0.812. The molecule has 2 fully saturated rings. The van der Waals surface area contributed by atoms with Gasteiger partial charge in [0.05, 0.1) is 0 Å². The van der Waals surface area contributed by atoms with Gasteiger partial charge in [0.15, 0.2) is 0 Å². The summed E-state index contributed by atoms with van der Waals surface area (Å²) >= 11 is 5.97. The molecule has 20 heavy (non-hydrogen) atoms. The molecule has 1 heterocycles. The van der Waals surface area contributed by atoms with Gasteiger partial charge in [0.2, 0.25) is 0 Å². The highest BCUT2D eigenvalue weighted by Gasteiger charge is 2.35. The van der Waals surface area contributed by atoms with Crippen molar-refractivity contribution in [2.75, 3.05) is 6.54 Å². The second-order valence-corrected chi connectivity index (χ2v) is 6.78. The summed E-state index contributed by atoms with van der Waals surface area (Å²) in [5.41, 5.74) is 1.33. The summed E-state index contributed by atoms with van der Waals surface area (Å²) < 4.78 is 0. The highest BCUT2D eigenvalue weighted by atomic mass is 35.5. The first-order valence-electron chi connectivity index (χ1n) is 7.99. The van der Waals surface area contributed by atoms with Crippen LogP contribution in [0.4, 0.5) is 0 Å². The molecule has 1 aromatic carbocycles. The van der Waals surface area contributed by atoms with Crippen molar-refractivity contribution in [1.29, 1.82) is 0 Å². The van der Waals surface area contributed by atoms with Crippen LogP contribution in [0.3, 0.4) is 0 Å². The molecule has 2 nitrogen and oxygen atoms in total. The number of hydrogen-bond acceptors (Lipinski definition) is 2. The Kier molecular flexibility index (Phi) is 4.65. The molecule has 110 valence electrons. The third-order valence-corrected chi connectivity index (χ3v) is 5.27. The van der Waals surface area contributed by atoms with Crippen LogP contribution in [0.15, 0.2) is 24.3 Å². The zero-order chi connectivity index (χ0) is 13.9. The lowest BCUT2D eigenvalue weighted by atomic mass is 9.92. The van der Waals surface area contributed by atoms with Gasteiger partial charge in [-0.3, -0.25) is 0 Å². The topological polar surface area (TPSA) is 24.1 Å². The maximum atomic E-state index is 5.97. The number of hydrogen-bond donors (Lipinski definition) is 2. The average molecular weight is 293 g/mol. The molecule has 0 spiro atoms. The molecule has 3 heteroatoms. The molecule has 0 amide bonds.